The van der Waals surface area contributed by atoms with Crippen molar-refractivity contribution in [2.24, 2.45) is 0 Å². The number of anilines is 1. The number of hydrogen-bond acceptors (Lipinski definition) is 6. The Morgan fingerprint density at radius 1 is 0.824 bits per heavy atom. The number of ether oxygens (including phenoxy) is 3. The number of carbonyl (C=O) groups is 3. The Morgan fingerprint density at radius 2 is 1.50 bits per heavy atom. The molecule has 0 aliphatic carbocycles. The predicted molar refractivity (Wildman–Crippen MR) is 129 cm³/mol. The minimum Gasteiger partial charge on any atom is -0.497 e. The second kappa shape index (κ2) is 11.7. The first-order chi connectivity index (χ1) is 16.4. The molecular weight excluding hydrogens is 434 g/mol. The second-order valence-corrected chi connectivity index (χ2v) is 7.71. The lowest BCUT2D eigenvalue weighted by atomic mass is 10.1. The van der Waals surface area contributed by atoms with E-state index in [0.717, 1.165) is 16.9 Å². The van der Waals surface area contributed by atoms with Gasteiger partial charge in [-0.25, -0.2) is 0 Å². The van der Waals surface area contributed by atoms with Gasteiger partial charge in [-0.1, -0.05) is 30.3 Å². The van der Waals surface area contributed by atoms with Crippen LogP contribution < -0.4 is 14.8 Å². The van der Waals surface area contributed by atoms with Crippen LogP contribution in [0.4, 0.5) is 5.69 Å². The van der Waals surface area contributed by atoms with E-state index in [1.807, 2.05) is 32.0 Å². The number of hydrogen-bond donors (Lipinski definition) is 1. The highest BCUT2D eigenvalue weighted by molar-refractivity contribution is 5.98. The molecule has 0 saturated carbocycles. The highest BCUT2D eigenvalue weighted by Gasteiger charge is 2.13. The first-order valence-corrected chi connectivity index (χ1v) is 10.8. The minimum atomic E-state index is -0.622. The Bertz CT molecular complexity index is 1150. The number of rotatable bonds is 10. The number of ketones is 1. The Morgan fingerprint density at radius 3 is 2.18 bits per heavy atom. The third-order valence-corrected chi connectivity index (χ3v) is 5.08. The molecule has 3 aromatic rings. The molecule has 0 aliphatic rings. The molecule has 7 heteroatoms. The summed E-state index contributed by atoms with van der Waals surface area (Å²) in [6.45, 7) is 3.57. The van der Waals surface area contributed by atoms with Crippen LogP contribution >= 0.6 is 0 Å². The highest BCUT2D eigenvalue weighted by Crippen LogP contribution is 2.29. The van der Waals surface area contributed by atoms with Crippen LogP contribution in [0.25, 0.3) is 0 Å². The molecule has 0 aliphatic heterocycles. The topological polar surface area (TPSA) is 90.9 Å². The van der Waals surface area contributed by atoms with E-state index in [2.05, 4.69) is 5.32 Å². The van der Waals surface area contributed by atoms with Crippen molar-refractivity contribution in [3.8, 4) is 17.2 Å². The van der Waals surface area contributed by atoms with Gasteiger partial charge >= 0.3 is 5.97 Å². The summed E-state index contributed by atoms with van der Waals surface area (Å²) >= 11 is 0. The van der Waals surface area contributed by atoms with E-state index in [9.17, 15) is 14.4 Å². The van der Waals surface area contributed by atoms with E-state index >= 15 is 0 Å². The van der Waals surface area contributed by atoms with Crippen LogP contribution in [0.15, 0.2) is 66.7 Å². The van der Waals surface area contributed by atoms with Crippen LogP contribution in [0.5, 0.6) is 17.2 Å². The molecule has 0 spiro atoms. The number of methoxy groups -OCH3 is 1. The zero-order valence-corrected chi connectivity index (χ0v) is 19.4. The van der Waals surface area contributed by atoms with Gasteiger partial charge in [0.1, 0.15) is 17.2 Å². The first kappa shape index (κ1) is 24.5. The van der Waals surface area contributed by atoms with Crippen LogP contribution in [0.3, 0.4) is 0 Å². The highest BCUT2D eigenvalue weighted by atomic mass is 16.5. The van der Waals surface area contributed by atoms with Crippen molar-refractivity contribution in [1.82, 2.24) is 0 Å². The van der Waals surface area contributed by atoms with Crippen LogP contribution in [0.2, 0.25) is 0 Å². The molecule has 34 heavy (non-hydrogen) atoms. The van der Waals surface area contributed by atoms with Gasteiger partial charge in [-0.15, -0.1) is 0 Å². The quantitative estimate of drug-likeness (QED) is 0.328. The summed E-state index contributed by atoms with van der Waals surface area (Å²) < 4.78 is 16.0. The molecule has 3 aromatic carbocycles. The number of amides is 1. The van der Waals surface area contributed by atoms with Gasteiger partial charge in [-0.3, -0.25) is 14.4 Å². The molecule has 0 bridgehead atoms. The molecule has 0 atom stereocenters. The van der Waals surface area contributed by atoms with Crippen LogP contribution in [-0.4, -0.2) is 31.4 Å². The van der Waals surface area contributed by atoms with E-state index in [0.29, 0.717) is 22.7 Å². The number of aryl methyl sites for hydroxylation is 2. The largest absolute Gasteiger partial charge is 0.497 e. The van der Waals surface area contributed by atoms with Gasteiger partial charge in [0.25, 0.3) is 0 Å². The van der Waals surface area contributed by atoms with E-state index in [1.54, 1.807) is 48.5 Å². The number of benzene rings is 3. The monoisotopic (exact) mass is 461 g/mol. The molecule has 0 aromatic heterocycles. The van der Waals surface area contributed by atoms with Gasteiger partial charge in [0.15, 0.2) is 12.4 Å². The van der Waals surface area contributed by atoms with E-state index in [4.69, 9.17) is 14.2 Å². The summed E-state index contributed by atoms with van der Waals surface area (Å²) in [4.78, 5) is 36.3. The normalized spacial score (nSPS) is 10.3. The maximum absolute atomic E-state index is 12.2. The summed E-state index contributed by atoms with van der Waals surface area (Å²) in [5, 5.41) is 2.73. The SMILES string of the molecule is COc1cccc(C(=O)COC(=O)CCC(=O)Nc2ccc(Oc3c(C)cccc3C)cc2)c1. The first-order valence-electron chi connectivity index (χ1n) is 10.8. The lowest BCUT2D eigenvalue weighted by Crippen LogP contribution is -2.17. The fourth-order valence-corrected chi connectivity index (χ4v) is 3.22. The Labute approximate surface area is 198 Å². The van der Waals surface area contributed by atoms with Gasteiger partial charge < -0.3 is 19.5 Å². The third kappa shape index (κ3) is 6.93. The zero-order valence-electron chi connectivity index (χ0n) is 19.4. The van der Waals surface area contributed by atoms with Gasteiger partial charge in [-0.05, 0) is 61.4 Å². The lowest BCUT2D eigenvalue weighted by molar-refractivity contribution is -0.143. The molecule has 0 unspecified atom stereocenters. The number of carbonyl (C=O) groups excluding carboxylic acids is 3. The van der Waals surface area contributed by atoms with Gasteiger partial charge in [-0.2, -0.15) is 0 Å². The molecular formula is C27H27NO6. The number of para-hydroxylation sites is 1. The van der Waals surface area contributed by atoms with E-state index < -0.39 is 12.6 Å². The summed E-state index contributed by atoms with van der Waals surface area (Å²) in [6.07, 6.45) is -0.197. The second-order valence-electron chi connectivity index (χ2n) is 7.71. The standard InChI is InChI=1S/C27H27NO6/c1-18-6-4-7-19(2)27(18)34-22-12-10-21(11-13-22)28-25(30)14-15-26(31)33-17-24(29)20-8-5-9-23(16-20)32-3/h4-13,16H,14-15,17H2,1-3H3,(H,28,30). The van der Waals surface area contributed by atoms with Gasteiger partial charge in [0, 0.05) is 17.7 Å². The molecule has 0 radical (unpaired) electrons. The van der Waals surface area contributed by atoms with Crippen molar-refractivity contribution < 1.29 is 28.6 Å². The molecule has 0 fully saturated rings. The molecule has 7 nitrogen and oxygen atoms in total. The molecule has 0 saturated heterocycles. The van der Waals surface area contributed by atoms with Crippen molar-refractivity contribution in [1.29, 1.82) is 0 Å². The molecule has 176 valence electrons. The number of nitrogens with one attached hydrogen (secondary N) is 1. The lowest BCUT2D eigenvalue weighted by Gasteiger charge is -2.12. The van der Waals surface area contributed by atoms with Crippen molar-refractivity contribution in [2.75, 3.05) is 19.0 Å². The van der Waals surface area contributed by atoms with Crippen molar-refractivity contribution in [3.05, 3.63) is 83.4 Å². The summed E-state index contributed by atoms with van der Waals surface area (Å²) in [6, 6.07) is 19.5. The summed E-state index contributed by atoms with van der Waals surface area (Å²) in [7, 11) is 1.50. The average Bonchev–Trinajstić information content (AvgIpc) is 2.84. The molecule has 1 N–H and O–H groups in total. The Balaban J connectivity index is 1.42. The fraction of sp³-hybridized carbons (Fsp3) is 0.222. The van der Waals surface area contributed by atoms with Crippen LogP contribution in [-0.2, 0) is 14.3 Å². The summed E-state index contributed by atoms with van der Waals surface area (Å²) in [5.74, 6) is 0.698. The van der Waals surface area contributed by atoms with E-state index in [-0.39, 0.29) is 24.5 Å². The molecule has 0 heterocycles. The maximum Gasteiger partial charge on any atom is 0.306 e. The van der Waals surface area contributed by atoms with Gasteiger partial charge in [0.05, 0.1) is 13.5 Å². The maximum atomic E-state index is 12.2. The molecule has 1 amide bonds. The van der Waals surface area contributed by atoms with Crippen LogP contribution in [0.1, 0.15) is 34.3 Å². The van der Waals surface area contributed by atoms with Crippen molar-refractivity contribution in [2.45, 2.75) is 26.7 Å². The smallest absolute Gasteiger partial charge is 0.306 e. The van der Waals surface area contributed by atoms with E-state index in [1.165, 1.54) is 7.11 Å². The summed E-state index contributed by atoms with van der Waals surface area (Å²) in [5.41, 5.74) is 3.04. The number of Topliss-reactive ketones (excluding diaryl/α,β-unsaturated/α-hetero) is 1. The average molecular weight is 462 g/mol. The zero-order chi connectivity index (χ0) is 24.5. The molecule has 3 rings (SSSR count). The Hall–Kier alpha value is -4.13. The van der Waals surface area contributed by atoms with Gasteiger partial charge in [0.2, 0.25) is 5.91 Å². The van der Waals surface area contributed by atoms with Crippen molar-refractivity contribution in [3.63, 3.8) is 0 Å². The Kier molecular flexibility index (Phi) is 8.40. The minimum absolute atomic E-state index is 0.0627. The van der Waals surface area contributed by atoms with Crippen molar-refractivity contribution >= 4 is 23.3 Å². The van der Waals surface area contributed by atoms with Crippen LogP contribution in [0, 0.1) is 13.8 Å². The third-order valence-electron chi connectivity index (χ3n) is 5.08. The predicted octanol–water partition coefficient (Wildman–Crippen LogP) is 5.25. The number of esters is 1. The fourth-order valence-electron chi connectivity index (χ4n) is 3.22.